The molecular formula is C10H14F2N2. The Morgan fingerprint density at radius 1 is 1.29 bits per heavy atom. The highest BCUT2D eigenvalue weighted by Gasteiger charge is 2.20. The third-order valence-corrected chi connectivity index (χ3v) is 2.18. The minimum Gasteiger partial charge on any atom is -0.329 e. The third kappa shape index (κ3) is 2.08. The van der Waals surface area contributed by atoms with Gasteiger partial charge in [0.05, 0.1) is 6.04 Å². The van der Waals surface area contributed by atoms with E-state index in [0.29, 0.717) is 0 Å². The van der Waals surface area contributed by atoms with Crippen LogP contribution in [0.4, 0.5) is 8.78 Å². The van der Waals surface area contributed by atoms with E-state index >= 15 is 0 Å². The van der Waals surface area contributed by atoms with Crippen molar-refractivity contribution in [2.75, 3.05) is 20.6 Å². The standard InChI is InChI=1S/C10H14F2N2/c1-14(2)9(6-13)10-7(11)4-3-5-8(10)12/h3-5,9H,6,13H2,1-2H3/t9-/m0/s1. The highest BCUT2D eigenvalue weighted by atomic mass is 19.1. The number of rotatable bonds is 3. The maximum Gasteiger partial charge on any atom is 0.130 e. The third-order valence-electron chi connectivity index (χ3n) is 2.18. The predicted octanol–water partition coefficient (Wildman–Crippen LogP) is 1.53. The fourth-order valence-corrected chi connectivity index (χ4v) is 1.42. The second-order valence-electron chi connectivity index (χ2n) is 3.35. The van der Waals surface area contributed by atoms with Gasteiger partial charge in [0.1, 0.15) is 11.6 Å². The number of nitrogens with two attached hydrogens (primary N) is 1. The minimum atomic E-state index is -0.547. The lowest BCUT2D eigenvalue weighted by Gasteiger charge is -2.23. The van der Waals surface area contributed by atoms with E-state index in [9.17, 15) is 8.78 Å². The van der Waals surface area contributed by atoms with Crippen LogP contribution < -0.4 is 5.73 Å². The Labute approximate surface area is 82.3 Å². The summed E-state index contributed by atoms with van der Waals surface area (Å²) in [6, 6.07) is 3.41. The zero-order valence-electron chi connectivity index (χ0n) is 8.30. The second-order valence-corrected chi connectivity index (χ2v) is 3.35. The highest BCUT2D eigenvalue weighted by molar-refractivity contribution is 5.23. The number of nitrogens with zero attached hydrogens (tertiary/aromatic N) is 1. The van der Waals surface area contributed by atoms with Gasteiger partial charge in [0, 0.05) is 12.1 Å². The lowest BCUT2D eigenvalue weighted by molar-refractivity contribution is 0.290. The first kappa shape index (κ1) is 11.1. The van der Waals surface area contributed by atoms with Gasteiger partial charge in [-0.2, -0.15) is 0 Å². The van der Waals surface area contributed by atoms with Crippen LogP contribution in [0.5, 0.6) is 0 Å². The summed E-state index contributed by atoms with van der Waals surface area (Å²) in [6.07, 6.45) is 0. The Bertz CT molecular complexity index is 293. The first-order valence-corrected chi connectivity index (χ1v) is 4.38. The van der Waals surface area contributed by atoms with Crippen LogP contribution in [-0.4, -0.2) is 25.5 Å². The molecule has 0 fully saturated rings. The highest BCUT2D eigenvalue weighted by Crippen LogP contribution is 2.23. The number of benzene rings is 1. The van der Waals surface area contributed by atoms with E-state index in [0.717, 1.165) is 0 Å². The summed E-state index contributed by atoms with van der Waals surface area (Å²) in [4.78, 5) is 1.70. The Morgan fingerprint density at radius 2 is 1.79 bits per heavy atom. The van der Waals surface area contributed by atoms with E-state index < -0.39 is 17.7 Å². The van der Waals surface area contributed by atoms with Crippen LogP contribution in [0.25, 0.3) is 0 Å². The molecule has 0 aliphatic rings. The molecule has 2 N–H and O–H groups in total. The summed E-state index contributed by atoms with van der Waals surface area (Å²) in [7, 11) is 3.48. The number of hydrogen-bond donors (Lipinski definition) is 1. The van der Waals surface area contributed by atoms with Crippen LogP contribution in [0.2, 0.25) is 0 Å². The van der Waals surface area contributed by atoms with Crippen LogP contribution in [0.1, 0.15) is 11.6 Å². The summed E-state index contributed by atoms with van der Waals surface area (Å²) >= 11 is 0. The van der Waals surface area contributed by atoms with E-state index in [1.54, 1.807) is 19.0 Å². The van der Waals surface area contributed by atoms with Gasteiger partial charge >= 0.3 is 0 Å². The van der Waals surface area contributed by atoms with Gasteiger partial charge in [0.2, 0.25) is 0 Å². The Balaban J connectivity index is 3.15. The topological polar surface area (TPSA) is 29.3 Å². The van der Waals surface area contributed by atoms with Gasteiger partial charge in [-0.1, -0.05) is 6.07 Å². The zero-order valence-corrected chi connectivity index (χ0v) is 8.30. The van der Waals surface area contributed by atoms with Crippen LogP contribution in [0.3, 0.4) is 0 Å². The molecule has 0 heterocycles. The largest absolute Gasteiger partial charge is 0.329 e. The second kappa shape index (κ2) is 4.48. The quantitative estimate of drug-likeness (QED) is 0.801. The van der Waals surface area contributed by atoms with Gasteiger partial charge in [-0.15, -0.1) is 0 Å². The first-order chi connectivity index (χ1) is 6.57. The van der Waals surface area contributed by atoms with Crippen LogP contribution in [0, 0.1) is 11.6 Å². The van der Waals surface area contributed by atoms with Crippen molar-refractivity contribution in [1.82, 2.24) is 4.90 Å². The molecule has 0 aliphatic carbocycles. The summed E-state index contributed by atoms with van der Waals surface area (Å²) in [5, 5.41) is 0. The van der Waals surface area contributed by atoms with Gasteiger partial charge in [-0.3, -0.25) is 0 Å². The molecule has 0 aromatic heterocycles. The molecule has 0 amide bonds. The minimum absolute atomic E-state index is 0.0417. The lowest BCUT2D eigenvalue weighted by atomic mass is 10.0. The molecule has 1 atom stereocenters. The molecule has 1 aromatic rings. The van der Waals surface area contributed by atoms with Crippen molar-refractivity contribution in [2.45, 2.75) is 6.04 Å². The first-order valence-electron chi connectivity index (χ1n) is 4.38. The van der Waals surface area contributed by atoms with E-state index in [4.69, 9.17) is 5.73 Å². The zero-order chi connectivity index (χ0) is 10.7. The molecule has 0 aliphatic heterocycles. The van der Waals surface area contributed by atoms with Crippen LogP contribution >= 0.6 is 0 Å². The Morgan fingerprint density at radius 3 is 2.14 bits per heavy atom. The van der Waals surface area contributed by atoms with Gasteiger partial charge in [0.15, 0.2) is 0 Å². The monoisotopic (exact) mass is 200 g/mol. The summed E-state index contributed by atoms with van der Waals surface area (Å²) in [6.45, 7) is 0.185. The van der Waals surface area contributed by atoms with E-state index in [2.05, 4.69) is 0 Å². The van der Waals surface area contributed by atoms with Crippen molar-refractivity contribution in [3.8, 4) is 0 Å². The maximum atomic E-state index is 13.3. The Kier molecular flexibility index (Phi) is 3.55. The molecule has 0 bridgehead atoms. The SMILES string of the molecule is CN(C)[C@@H](CN)c1c(F)cccc1F. The summed E-state index contributed by atoms with van der Waals surface area (Å²) in [5.74, 6) is -1.09. The average molecular weight is 200 g/mol. The molecule has 0 radical (unpaired) electrons. The van der Waals surface area contributed by atoms with Gasteiger partial charge < -0.3 is 10.6 Å². The summed E-state index contributed by atoms with van der Waals surface area (Å²) < 4.78 is 26.7. The van der Waals surface area contributed by atoms with Crippen LogP contribution in [-0.2, 0) is 0 Å². The van der Waals surface area contributed by atoms with Gasteiger partial charge in [-0.05, 0) is 26.2 Å². The van der Waals surface area contributed by atoms with Crippen molar-refractivity contribution in [3.05, 3.63) is 35.4 Å². The molecule has 2 nitrogen and oxygen atoms in total. The molecular weight excluding hydrogens is 186 g/mol. The van der Waals surface area contributed by atoms with Crippen molar-refractivity contribution < 1.29 is 8.78 Å². The van der Waals surface area contributed by atoms with E-state index in [-0.39, 0.29) is 12.1 Å². The molecule has 0 saturated carbocycles. The van der Waals surface area contributed by atoms with Crippen molar-refractivity contribution in [2.24, 2.45) is 5.73 Å². The fourth-order valence-electron chi connectivity index (χ4n) is 1.42. The number of likely N-dealkylation sites (N-methyl/N-ethyl adjacent to an activating group) is 1. The number of hydrogen-bond acceptors (Lipinski definition) is 2. The smallest absolute Gasteiger partial charge is 0.130 e. The van der Waals surface area contributed by atoms with Crippen molar-refractivity contribution in [3.63, 3.8) is 0 Å². The predicted molar refractivity (Wildman–Crippen MR) is 51.8 cm³/mol. The fraction of sp³-hybridized carbons (Fsp3) is 0.400. The summed E-state index contributed by atoms with van der Waals surface area (Å²) in [5.41, 5.74) is 5.51. The average Bonchev–Trinajstić information content (AvgIpc) is 2.10. The molecule has 14 heavy (non-hydrogen) atoms. The van der Waals surface area contributed by atoms with E-state index in [1.165, 1.54) is 18.2 Å². The molecule has 0 spiro atoms. The molecule has 1 rings (SSSR count). The van der Waals surface area contributed by atoms with Crippen LogP contribution in [0.15, 0.2) is 18.2 Å². The number of halogens is 2. The van der Waals surface area contributed by atoms with Crippen molar-refractivity contribution in [1.29, 1.82) is 0 Å². The van der Waals surface area contributed by atoms with Gasteiger partial charge in [0.25, 0.3) is 0 Å². The van der Waals surface area contributed by atoms with Gasteiger partial charge in [-0.25, -0.2) is 8.78 Å². The van der Waals surface area contributed by atoms with Crippen molar-refractivity contribution >= 4 is 0 Å². The molecule has 0 saturated heterocycles. The molecule has 0 unspecified atom stereocenters. The molecule has 1 aromatic carbocycles. The Hall–Kier alpha value is -1.00. The lowest BCUT2D eigenvalue weighted by Crippen LogP contribution is -2.28. The molecule has 78 valence electrons. The maximum absolute atomic E-state index is 13.3. The van der Waals surface area contributed by atoms with E-state index in [1.807, 2.05) is 0 Å². The molecule has 4 heteroatoms. The normalized spacial score (nSPS) is 13.3.